The van der Waals surface area contributed by atoms with Crippen LogP contribution in [0.3, 0.4) is 0 Å². The van der Waals surface area contributed by atoms with Gasteiger partial charge in [-0.3, -0.25) is 4.79 Å². The molecule has 4 heteroatoms. The van der Waals surface area contributed by atoms with E-state index in [0.29, 0.717) is 18.2 Å². The third-order valence-electron chi connectivity index (χ3n) is 1.67. The quantitative estimate of drug-likeness (QED) is 0.864. The minimum Gasteiger partial charge on any atom is -0.351 e. The highest BCUT2D eigenvalue weighted by atomic mass is 32.1. The minimum absolute atomic E-state index is 0.0781. The van der Waals surface area contributed by atoms with E-state index >= 15 is 0 Å². The van der Waals surface area contributed by atoms with Crippen molar-refractivity contribution in [3.8, 4) is 0 Å². The van der Waals surface area contributed by atoms with Crippen LogP contribution in [-0.4, -0.2) is 16.8 Å². The zero-order valence-corrected chi connectivity index (χ0v) is 10.9. The van der Waals surface area contributed by atoms with E-state index in [1.807, 2.05) is 26.8 Å². The lowest BCUT2D eigenvalue weighted by Crippen LogP contribution is -2.22. The van der Waals surface area contributed by atoms with E-state index in [-0.39, 0.29) is 5.91 Å². The molecule has 86 valence electrons. The van der Waals surface area contributed by atoms with Crippen LogP contribution >= 0.6 is 11.5 Å². The van der Waals surface area contributed by atoms with Gasteiger partial charge in [0.15, 0.2) is 0 Å². The second-order valence-corrected chi connectivity index (χ2v) is 3.97. The first-order valence-corrected chi connectivity index (χ1v) is 6.17. The molecule has 0 aliphatic rings. The number of nitrogens with one attached hydrogen (secondary N) is 1. The zero-order chi connectivity index (χ0) is 11.8. The number of carbonyl (C=O) groups is 1. The van der Waals surface area contributed by atoms with Crippen LogP contribution in [0.25, 0.3) is 0 Å². The highest BCUT2D eigenvalue weighted by Gasteiger charge is 2.10. The first-order valence-electron chi connectivity index (χ1n) is 5.40. The Balaban J connectivity index is 0.000000921. The van der Waals surface area contributed by atoms with Crippen LogP contribution < -0.4 is 5.32 Å². The summed E-state index contributed by atoms with van der Waals surface area (Å²) in [4.78, 5) is 12.5. The smallest absolute Gasteiger partial charge is 0.270 e. The maximum absolute atomic E-state index is 11.3. The number of aromatic nitrogens is 1. The molecule has 1 amide bonds. The largest absolute Gasteiger partial charge is 0.351 e. The molecular formula is C11H20N2OS. The molecule has 0 spiro atoms. The van der Waals surface area contributed by atoms with E-state index in [4.69, 9.17) is 0 Å². The molecule has 0 saturated heterocycles. The van der Waals surface area contributed by atoms with E-state index < -0.39 is 0 Å². The molecule has 0 bridgehead atoms. The molecule has 1 N–H and O–H groups in total. The lowest BCUT2D eigenvalue weighted by molar-refractivity contribution is 0.0952. The van der Waals surface area contributed by atoms with Crippen molar-refractivity contribution in [2.24, 2.45) is 0 Å². The topological polar surface area (TPSA) is 42.0 Å². The number of rotatable bonds is 3. The molecule has 0 aromatic carbocycles. The third kappa shape index (κ3) is 4.42. The highest BCUT2D eigenvalue weighted by molar-refractivity contribution is 7.06. The third-order valence-corrected chi connectivity index (χ3v) is 2.76. The van der Waals surface area contributed by atoms with Crippen molar-refractivity contribution in [2.45, 2.75) is 40.5 Å². The fraction of sp³-hybridized carbons (Fsp3) is 0.636. The summed E-state index contributed by atoms with van der Waals surface area (Å²) < 4.78 is 4.09. The average molecular weight is 228 g/mol. The molecule has 0 fully saturated rings. The Kier molecular flexibility index (Phi) is 6.96. The molecule has 0 aliphatic carbocycles. The zero-order valence-electron chi connectivity index (χ0n) is 10.1. The number of nitrogens with zero attached hydrogens (tertiary/aromatic N) is 1. The van der Waals surface area contributed by atoms with Gasteiger partial charge >= 0.3 is 0 Å². The van der Waals surface area contributed by atoms with Crippen LogP contribution in [-0.2, 0) is 0 Å². The van der Waals surface area contributed by atoms with Gasteiger partial charge in [0.25, 0.3) is 5.91 Å². The normalized spacial score (nSPS) is 9.47. The standard InChI is InChI=1S/C9H14N2OS.C2H6/c1-4-10-9(12)7-5-8(6(2)3)13-11-7;1-2/h5-6H,4H2,1-3H3,(H,10,12);1-2H3. The lowest BCUT2D eigenvalue weighted by Gasteiger charge is -1.97. The molecule has 1 heterocycles. The molecule has 0 unspecified atom stereocenters. The van der Waals surface area contributed by atoms with Gasteiger partial charge < -0.3 is 5.32 Å². The Morgan fingerprint density at radius 1 is 1.53 bits per heavy atom. The van der Waals surface area contributed by atoms with Crippen LogP contribution in [0.15, 0.2) is 6.07 Å². The van der Waals surface area contributed by atoms with Crippen LogP contribution in [0, 0.1) is 0 Å². The van der Waals surface area contributed by atoms with Gasteiger partial charge in [0.2, 0.25) is 0 Å². The van der Waals surface area contributed by atoms with Crippen molar-refractivity contribution in [1.82, 2.24) is 9.69 Å². The summed E-state index contributed by atoms with van der Waals surface area (Å²) >= 11 is 1.40. The van der Waals surface area contributed by atoms with Crippen LogP contribution in [0.4, 0.5) is 0 Å². The SMILES string of the molecule is CC.CCNC(=O)c1cc(C(C)C)sn1. The van der Waals surface area contributed by atoms with Gasteiger partial charge in [-0.25, -0.2) is 0 Å². The van der Waals surface area contributed by atoms with E-state index in [9.17, 15) is 4.79 Å². The molecule has 0 saturated carbocycles. The summed E-state index contributed by atoms with van der Waals surface area (Å²) in [5.74, 6) is 0.367. The predicted octanol–water partition coefficient (Wildman–Crippen LogP) is 3.04. The van der Waals surface area contributed by atoms with Crippen LogP contribution in [0.1, 0.15) is 55.9 Å². The molecule has 1 aromatic rings. The molecule has 0 radical (unpaired) electrons. The average Bonchev–Trinajstić information content (AvgIpc) is 2.70. The van der Waals surface area contributed by atoms with Gasteiger partial charge in [-0.15, -0.1) is 0 Å². The van der Waals surface area contributed by atoms with Gasteiger partial charge in [-0.1, -0.05) is 27.7 Å². The Hall–Kier alpha value is -0.900. The van der Waals surface area contributed by atoms with Gasteiger partial charge in [-0.2, -0.15) is 4.37 Å². The molecule has 3 nitrogen and oxygen atoms in total. The van der Waals surface area contributed by atoms with Gasteiger partial charge in [0.1, 0.15) is 5.69 Å². The second kappa shape index (κ2) is 7.40. The highest BCUT2D eigenvalue weighted by Crippen LogP contribution is 2.19. The second-order valence-electron chi connectivity index (χ2n) is 3.13. The van der Waals surface area contributed by atoms with Crippen molar-refractivity contribution in [2.75, 3.05) is 6.54 Å². The molecule has 1 aromatic heterocycles. The first-order chi connectivity index (χ1) is 7.15. The fourth-order valence-electron chi connectivity index (χ4n) is 0.920. The Bertz CT molecular complexity index is 295. The van der Waals surface area contributed by atoms with Crippen molar-refractivity contribution in [3.05, 3.63) is 16.6 Å². The molecule has 0 atom stereocenters. The van der Waals surface area contributed by atoms with Crippen LogP contribution in [0.5, 0.6) is 0 Å². The maximum Gasteiger partial charge on any atom is 0.270 e. The Labute approximate surface area is 96.1 Å². The molecule has 1 rings (SSSR count). The monoisotopic (exact) mass is 228 g/mol. The Morgan fingerprint density at radius 3 is 2.53 bits per heavy atom. The lowest BCUT2D eigenvalue weighted by atomic mass is 10.2. The number of hydrogen-bond acceptors (Lipinski definition) is 3. The van der Waals surface area contributed by atoms with E-state index in [2.05, 4.69) is 23.5 Å². The Morgan fingerprint density at radius 2 is 2.13 bits per heavy atom. The maximum atomic E-state index is 11.3. The van der Waals surface area contributed by atoms with Crippen molar-refractivity contribution >= 4 is 17.4 Å². The van der Waals surface area contributed by atoms with E-state index in [1.165, 1.54) is 11.5 Å². The summed E-state index contributed by atoms with van der Waals surface area (Å²) in [5, 5.41) is 2.72. The minimum atomic E-state index is -0.0781. The van der Waals surface area contributed by atoms with Gasteiger partial charge in [0, 0.05) is 11.4 Å². The van der Waals surface area contributed by atoms with Crippen molar-refractivity contribution in [3.63, 3.8) is 0 Å². The van der Waals surface area contributed by atoms with Crippen molar-refractivity contribution < 1.29 is 4.79 Å². The van der Waals surface area contributed by atoms with Crippen molar-refractivity contribution in [1.29, 1.82) is 0 Å². The summed E-state index contributed by atoms with van der Waals surface area (Å²) in [6.07, 6.45) is 0. The van der Waals surface area contributed by atoms with Crippen LogP contribution in [0.2, 0.25) is 0 Å². The number of hydrogen-bond donors (Lipinski definition) is 1. The summed E-state index contributed by atoms with van der Waals surface area (Å²) in [7, 11) is 0. The molecule has 0 aliphatic heterocycles. The van der Waals surface area contributed by atoms with Gasteiger partial charge in [0.05, 0.1) is 0 Å². The molecular weight excluding hydrogens is 208 g/mol. The predicted molar refractivity (Wildman–Crippen MR) is 65.6 cm³/mol. The van der Waals surface area contributed by atoms with E-state index in [1.54, 1.807) is 0 Å². The van der Waals surface area contributed by atoms with E-state index in [0.717, 1.165) is 4.88 Å². The number of amides is 1. The summed E-state index contributed by atoms with van der Waals surface area (Å²) in [5.41, 5.74) is 0.538. The fourth-order valence-corrected chi connectivity index (χ4v) is 1.63. The van der Waals surface area contributed by atoms with Gasteiger partial charge in [-0.05, 0) is 30.4 Å². The first kappa shape index (κ1) is 14.1. The number of carbonyl (C=O) groups excluding carboxylic acids is 1. The summed E-state index contributed by atoms with van der Waals surface area (Å²) in [6, 6.07) is 1.86. The summed E-state index contributed by atoms with van der Waals surface area (Å²) in [6.45, 7) is 10.7. The molecule has 15 heavy (non-hydrogen) atoms.